The quantitative estimate of drug-likeness (QED) is 0.488. The second kappa shape index (κ2) is 9.64. The first-order valence-electron chi connectivity index (χ1n) is 6.49. The van der Waals surface area contributed by atoms with Gasteiger partial charge in [0.25, 0.3) is 0 Å². The van der Waals surface area contributed by atoms with Crippen molar-refractivity contribution < 1.29 is 9.53 Å². The van der Waals surface area contributed by atoms with Gasteiger partial charge in [-0.1, -0.05) is 33.1 Å². The molecule has 0 heterocycles. The molecule has 0 rings (SSSR count). The van der Waals surface area contributed by atoms with E-state index in [2.05, 4.69) is 6.92 Å². The van der Waals surface area contributed by atoms with E-state index in [-0.39, 0.29) is 18.0 Å². The van der Waals surface area contributed by atoms with Gasteiger partial charge in [-0.05, 0) is 32.2 Å². The number of nitrogens with two attached hydrogens (primary N) is 1. The van der Waals surface area contributed by atoms with E-state index in [4.69, 9.17) is 10.5 Å². The minimum atomic E-state index is -0.110. The number of esters is 1. The summed E-state index contributed by atoms with van der Waals surface area (Å²) in [6.07, 6.45) is 6.35. The Hall–Kier alpha value is -0.570. The van der Waals surface area contributed by atoms with Crippen LogP contribution in [-0.4, -0.2) is 18.6 Å². The number of carbonyl (C=O) groups excluding carboxylic acids is 1. The van der Waals surface area contributed by atoms with E-state index >= 15 is 0 Å². The molecule has 0 aromatic rings. The monoisotopic (exact) mass is 229 g/mol. The van der Waals surface area contributed by atoms with Crippen molar-refractivity contribution >= 4 is 5.97 Å². The van der Waals surface area contributed by atoms with Crippen molar-refractivity contribution in [2.24, 2.45) is 11.7 Å². The van der Waals surface area contributed by atoms with Gasteiger partial charge >= 0.3 is 5.97 Å². The Morgan fingerprint density at radius 3 is 2.50 bits per heavy atom. The third kappa shape index (κ3) is 8.72. The molecular weight excluding hydrogens is 202 g/mol. The minimum absolute atomic E-state index is 0.0503. The number of hydrogen-bond acceptors (Lipinski definition) is 3. The summed E-state index contributed by atoms with van der Waals surface area (Å²) in [5, 5.41) is 0. The van der Waals surface area contributed by atoms with Gasteiger partial charge in [-0.25, -0.2) is 0 Å². The van der Waals surface area contributed by atoms with Crippen LogP contribution in [0.1, 0.15) is 59.3 Å². The van der Waals surface area contributed by atoms with E-state index < -0.39 is 0 Å². The molecule has 0 radical (unpaired) electrons. The second-order valence-electron chi connectivity index (χ2n) is 4.69. The lowest BCUT2D eigenvalue weighted by Gasteiger charge is -2.14. The maximum absolute atomic E-state index is 11.4. The molecule has 0 amide bonds. The van der Waals surface area contributed by atoms with Crippen LogP contribution in [0.5, 0.6) is 0 Å². The summed E-state index contributed by atoms with van der Waals surface area (Å²) >= 11 is 0. The van der Waals surface area contributed by atoms with E-state index in [0.717, 1.165) is 12.8 Å². The SMILES string of the molecule is CCCCCCC(C)OC(=O)CC(C)CN. The van der Waals surface area contributed by atoms with Gasteiger partial charge in [0.2, 0.25) is 0 Å². The molecule has 0 bridgehead atoms. The number of hydrogen-bond donors (Lipinski definition) is 1. The Bertz CT molecular complexity index is 183. The first-order valence-corrected chi connectivity index (χ1v) is 6.49. The van der Waals surface area contributed by atoms with Crippen LogP contribution < -0.4 is 5.73 Å². The maximum atomic E-state index is 11.4. The number of ether oxygens (including phenoxy) is 1. The molecule has 0 aromatic heterocycles. The summed E-state index contributed by atoms with van der Waals surface area (Å²) in [6, 6.07) is 0. The van der Waals surface area contributed by atoms with Crippen LogP contribution in [0.15, 0.2) is 0 Å². The Labute approximate surface area is 99.7 Å². The third-order valence-corrected chi connectivity index (χ3v) is 2.71. The molecule has 0 aliphatic heterocycles. The molecule has 0 saturated heterocycles. The lowest BCUT2D eigenvalue weighted by Crippen LogP contribution is -2.20. The summed E-state index contributed by atoms with van der Waals surface area (Å²) in [5.41, 5.74) is 5.46. The van der Waals surface area contributed by atoms with Crippen molar-refractivity contribution in [3.63, 3.8) is 0 Å². The van der Waals surface area contributed by atoms with Crippen LogP contribution >= 0.6 is 0 Å². The summed E-state index contributed by atoms with van der Waals surface area (Å²) in [6.45, 7) is 6.67. The minimum Gasteiger partial charge on any atom is -0.463 e. The highest BCUT2D eigenvalue weighted by molar-refractivity contribution is 5.69. The number of carbonyl (C=O) groups is 1. The lowest BCUT2D eigenvalue weighted by atomic mass is 10.1. The van der Waals surface area contributed by atoms with Gasteiger partial charge in [0, 0.05) is 6.42 Å². The van der Waals surface area contributed by atoms with Crippen LogP contribution in [0.4, 0.5) is 0 Å². The zero-order chi connectivity index (χ0) is 12.4. The van der Waals surface area contributed by atoms with Gasteiger partial charge in [0.15, 0.2) is 0 Å². The number of unbranched alkanes of at least 4 members (excludes halogenated alkanes) is 3. The van der Waals surface area contributed by atoms with E-state index in [0.29, 0.717) is 13.0 Å². The molecule has 16 heavy (non-hydrogen) atoms. The summed E-state index contributed by atoms with van der Waals surface area (Å²) in [5.74, 6) is 0.112. The predicted octanol–water partition coefficient (Wildman–Crippen LogP) is 2.87. The van der Waals surface area contributed by atoms with Crippen LogP contribution in [0.25, 0.3) is 0 Å². The van der Waals surface area contributed by atoms with Gasteiger partial charge in [-0.15, -0.1) is 0 Å². The molecule has 0 saturated carbocycles. The average molecular weight is 229 g/mol. The third-order valence-electron chi connectivity index (χ3n) is 2.71. The normalized spacial score (nSPS) is 14.5. The smallest absolute Gasteiger partial charge is 0.306 e. The second-order valence-corrected chi connectivity index (χ2v) is 4.69. The predicted molar refractivity (Wildman–Crippen MR) is 67.1 cm³/mol. The molecule has 0 aliphatic carbocycles. The number of rotatable bonds is 9. The Balaban J connectivity index is 3.54. The van der Waals surface area contributed by atoms with Crippen molar-refractivity contribution in [1.82, 2.24) is 0 Å². The molecule has 2 unspecified atom stereocenters. The Kier molecular flexibility index (Phi) is 9.30. The summed E-state index contributed by atoms with van der Waals surface area (Å²) < 4.78 is 5.31. The van der Waals surface area contributed by atoms with Crippen molar-refractivity contribution in [1.29, 1.82) is 0 Å². The maximum Gasteiger partial charge on any atom is 0.306 e. The molecule has 2 atom stereocenters. The lowest BCUT2D eigenvalue weighted by molar-refractivity contribution is -0.149. The first kappa shape index (κ1) is 15.4. The van der Waals surface area contributed by atoms with Crippen molar-refractivity contribution in [2.45, 2.75) is 65.4 Å². The van der Waals surface area contributed by atoms with Crippen LogP contribution in [0.2, 0.25) is 0 Å². The van der Waals surface area contributed by atoms with Crippen molar-refractivity contribution in [2.75, 3.05) is 6.54 Å². The fraction of sp³-hybridized carbons (Fsp3) is 0.923. The van der Waals surface area contributed by atoms with E-state index in [1.54, 1.807) is 0 Å². The van der Waals surface area contributed by atoms with Crippen molar-refractivity contribution in [3.05, 3.63) is 0 Å². The van der Waals surface area contributed by atoms with Gasteiger partial charge in [-0.3, -0.25) is 4.79 Å². The molecule has 0 spiro atoms. The molecule has 3 nitrogen and oxygen atoms in total. The van der Waals surface area contributed by atoms with Crippen LogP contribution in [-0.2, 0) is 9.53 Å². The average Bonchev–Trinajstić information content (AvgIpc) is 2.24. The first-order chi connectivity index (χ1) is 7.60. The molecule has 2 N–H and O–H groups in total. The largest absolute Gasteiger partial charge is 0.463 e. The topological polar surface area (TPSA) is 52.3 Å². The van der Waals surface area contributed by atoms with Gasteiger partial charge in [0.1, 0.15) is 0 Å². The van der Waals surface area contributed by atoms with E-state index in [1.165, 1.54) is 19.3 Å². The fourth-order valence-corrected chi connectivity index (χ4v) is 1.56. The molecular formula is C13H27NO2. The van der Waals surface area contributed by atoms with Gasteiger partial charge < -0.3 is 10.5 Å². The standard InChI is InChI=1S/C13H27NO2/c1-4-5-6-7-8-12(3)16-13(15)9-11(2)10-14/h11-12H,4-10,14H2,1-3H3. The van der Waals surface area contributed by atoms with E-state index in [9.17, 15) is 4.79 Å². The summed E-state index contributed by atoms with van der Waals surface area (Å²) in [4.78, 5) is 11.4. The van der Waals surface area contributed by atoms with Gasteiger partial charge in [-0.2, -0.15) is 0 Å². The summed E-state index contributed by atoms with van der Waals surface area (Å²) in [7, 11) is 0. The molecule has 0 fully saturated rings. The molecule has 3 heteroatoms. The van der Waals surface area contributed by atoms with Crippen LogP contribution in [0.3, 0.4) is 0 Å². The van der Waals surface area contributed by atoms with Gasteiger partial charge in [0.05, 0.1) is 6.10 Å². The molecule has 0 aliphatic rings. The van der Waals surface area contributed by atoms with Crippen LogP contribution in [0, 0.1) is 5.92 Å². The highest BCUT2D eigenvalue weighted by Gasteiger charge is 2.12. The highest BCUT2D eigenvalue weighted by atomic mass is 16.5. The Morgan fingerprint density at radius 2 is 1.94 bits per heavy atom. The Morgan fingerprint density at radius 1 is 1.25 bits per heavy atom. The zero-order valence-corrected chi connectivity index (χ0v) is 11.0. The zero-order valence-electron chi connectivity index (χ0n) is 11.0. The fourth-order valence-electron chi connectivity index (χ4n) is 1.56. The molecule has 96 valence electrons. The van der Waals surface area contributed by atoms with E-state index in [1.807, 2.05) is 13.8 Å². The highest BCUT2D eigenvalue weighted by Crippen LogP contribution is 2.10. The molecule has 0 aromatic carbocycles. The van der Waals surface area contributed by atoms with Crippen molar-refractivity contribution in [3.8, 4) is 0 Å².